The molecule has 0 aliphatic rings. The first-order valence-electron chi connectivity index (χ1n) is 6.13. The van der Waals surface area contributed by atoms with Gasteiger partial charge in [-0.3, -0.25) is 0 Å². The maximum atomic E-state index is 12.4. The summed E-state index contributed by atoms with van der Waals surface area (Å²) in [7, 11) is -1.87. The average molecular weight is 341 g/mol. The summed E-state index contributed by atoms with van der Waals surface area (Å²) in [5.74, 6) is 5.39. The number of hydrogen-bond donors (Lipinski definition) is 1. The van der Waals surface area contributed by atoms with Crippen molar-refractivity contribution in [3.8, 4) is 11.8 Å². The molecule has 0 fully saturated rings. The van der Waals surface area contributed by atoms with Crippen molar-refractivity contribution in [3.05, 3.63) is 38.9 Å². The monoisotopic (exact) mass is 341 g/mol. The molecule has 2 aromatic heterocycles. The van der Waals surface area contributed by atoms with Gasteiger partial charge in [0.2, 0.25) is 0 Å². The Kier molecular flexibility index (Phi) is 5.19. The third kappa shape index (κ3) is 3.93. The number of aliphatic hydroxyl groups excluding tert-OH is 1. The summed E-state index contributed by atoms with van der Waals surface area (Å²) in [6.45, 7) is 2.00. The summed E-state index contributed by atoms with van der Waals surface area (Å²) in [5, 5.41) is 10.5. The van der Waals surface area contributed by atoms with E-state index in [1.807, 2.05) is 18.4 Å². The molecule has 0 unspecified atom stereocenters. The average Bonchev–Trinajstić information content (AvgIpc) is 3.05. The van der Waals surface area contributed by atoms with Crippen LogP contribution in [0.1, 0.15) is 15.3 Å². The maximum absolute atomic E-state index is 12.4. The van der Waals surface area contributed by atoms with Crippen LogP contribution >= 0.6 is 22.7 Å². The van der Waals surface area contributed by atoms with Gasteiger partial charge in [0.1, 0.15) is 10.8 Å². The topological polar surface area (TPSA) is 57.6 Å². The summed E-state index contributed by atoms with van der Waals surface area (Å²) < 4.78 is 26.5. The van der Waals surface area contributed by atoms with E-state index in [4.69, 9.17) is 5.11 Å². The first kappa shape index (κ1) is 16.2. The van der Waals surface area contributed by atoms with Gasteiger partial charge in [-0.25, -0.2) is 8.42 Å². The van der Waals surface area contributed by atoms with E-state index in [1.54, 1.807) is 19.2 Å². The molecule has 0 aromatic carbocycles. The molecule has 0 aliphatic heterocycles. The molecule has 0 amide bonds. The van der Waals surface area contributed by atoms with E-state index >= 15 is 0 Å². The van der Waals surface area contributed by atoms with Crippen LogP contribution < -0.4 is 0 Å². The molecule has 2 heterocycles. The van der Waals surface area contributed by atoms with Crippen molar-refractivity contribution < 1.29 is 13.5 Å². The molecular weight excluding hydrogens is 326 g/mol. The summed E-state index contributed by atoms with van der Waals surface area (Å²) in [6, 6.07) is 5.29. The fourth-order valence-electron chi connectivity index (χ4n) is 1.70. The number of hydrogen-bond acceptors (Lipinski definition) is 5. The highest BCUT2D eigenvalue weighted by molar-refractivity contribution is 7.91. The van der Waals surface area contributed by atoms with E-state index in [2.05, 4.69) is 11.8 Å². The van der Waals surface area contributed by atoms with Gasteiger partial charge in [-0.05, 0) is 36.1 Å². The van der Waals surface area contributed by atoms with Gasteiger partial charge in [0.25, 0.3) is 10.0 Å². The molecule has 0 aliphatic carbocycles. The Balaban J connectivity index is 2.14. The summed E-state index contributed by atoms with van der Waals surface area (Å²) in [6.07, 6.45) is 0. The normalized spacial score (nSPS) is 11.4. The summed E-state index contributed by atoms with van der Waals surface area (Å²) in [5.41, 5.74) is 0.890. The van der Waals surface area contributed by atoms with Crippen LogP contribution in [-0.2, 0) is 16.6 Å². The first-order chi connectivity index (χ1) is 9.93. The predicted molar refractivity (Wildman–Crippen MR) is 86.0 cm³/mol. The number of aryl methyl sites for hydroxylation is 1. The fraction of sp³-hybridized carbons (Fsp3) is 0.286. The number of sulfonamides is 1. The maximum Gasteiger partial charge on any atom is 0.252 e. The zero-order valence-corrected chi connectivity index (χ0v) is 14.1. The fourth-order valence-corrected chi connectivity index (χ4v) is 5.12. The van der Waals surface area contributed by atoms with Crippen LogP contribution in [0.15, 0.2) is 27.8 Å². The van der Waals surface area contributed by atoms with Gasteiger partial charge in [0.05, 0.1) is 4.88 Å². The van der Waals surface area contributed by atoms with Crippen LogP contribution in [0.5, 0.6) is 0 Å². The Bertz CT molecular complexity index is 778. The Morgan fingerprint density at radius 1 is 1.38 bits per heavy atom. The van der Waals surface area contributed by atoms with E-state index in [0.29, 0.717) is 10.8 Å². The number of aliphatic hydroxyl groups is 1. The minimum atomic E-state index is -3.44. The molecule has 0 atom stereocenters. The van der Waals surface area contributed by atoms with Crippen molar-refractivity contribution in [2.24, 2.45) is 0 Å². The summed E-state index contributed by atoms with van der Waals surface area (Å²) >= 11 is 2.71. The standard InChI is InChI=1S/C14H15NO3S3/c1-11-5-6-14(20-11)21(17,18)15(2)9-12-8-13(19-10-12)4-3-7-16/h5-6,8,10,16H,7,9H2,1-2H3. The Morgan fingerprint density at radius 3 is 2.76 bits per heavy atom. The van der Waals surface area contributed by atoms with E-state index in [-0.39, 0.29) is 6.61 Å². The number of nitrogens with zero attached hydrogens (tertiary/aromatic N) is 1. The molecule has 21 heavy (non-hydrogen) atoms. The largest absolute Gasteiger partial charge is 0.384 e. The second kappa shape index (κ2) is 6.73. The highest BCUT2D eigenvalue weighted by atomic mass is 32.2. The van der Waals surface area contributed by atoms with Crippen LogP contribution in [0.3, 0.4) is 0 Å². The van der Waals surface area contributed by atoms with Gasteiger partial charge in [0.15, 0.2) is 0 Å². The van der Waals surface area contributed by atoms with E-state index < -0.39 is 10.0 Å². The van der Waals surface area contributed by atoms with Gasteiger partial charge in [-0.1, -0.05) is 11.8 Å². The minimum Gasteiger partial charge on any atom is -0.384 e. The Labute approximate surface area is 132 Å². The van der Waals surface area contributed by atoms with Crippen molar-refractivity contribution in [1.29, 1.82) is 0 Å². The molecule has 2 rings (SSSR count). The van der Waals surface area contributed by atoms with Gasteiger partial charge >= 0.3 is 0 Å². The molecule has 1 N–H and O–H groups in total. The summed E-state index contributed by atoms with van der Waals surface area (Å²) in [4.78, 5) is 1.79. The Morgan fingerprint density at radius 2 is 2.14 bits per heavy atom. The lowest BCUT2D eigenvalue weighted by Gasteiger charge is -2.15. The molecule has 7 heteroatoms. The van der Waals surface area contributed by atoms with Gasteiger partial charge < -0.3 is 5.11 Å². The molecule has 2 aromatic rings. The third-order valence-electron chi connectivity index (χ3n) is 2.73. The molecule has 0 radical (unpaired) electrons. The van der Waals surface area contributed by atoms with Crippen LogP contribution in [0, 0.1) is 18.8 Å². The quantitative estimate of drug-likeness (QED) is 0.868. The number of thiophene rings is 2. The molecule has 0 bridgehead atoms. The molecule has 0 spiro atoms. The third-order valence-corrected chi connectivity index (χ3v) is 6.90. The lowest BCUT2D eigenvalue weighted by atomic mass is 10.3. The predicted octanol–water partition coefficient (Wildman–Crippen LogP) is 2.28. The van der Waals surface area contributed by atoms with E-state index in [9.17, 15) is 8.42 Å². The van der Waals surface area contributed by atoms with Crippen LogP contribution in [0.2, 0.25) is 0 Å². The van der Waals surface area contributed by atoms with Gasteiger partial charge in [0, 0.05) is 18.5 Å². The van der Waals surface area contributed by atoms with Crippen molar-refractivity contribution in [1.82, 2.24) is 4.31 Å². The van der Waals surface area contributed by atoms with Crippen molar-refractivity contribution in [3.63, 3.8) is 0 Å². The first-order valence-corrected chi connectivity index (χ1v) is 9.27. The molecular formula is C14H15NO3S3. The molecule has 0 saturated carbocycles. The zero-order valence-electron chi connectivity index (χ0n) is 11.7. The molecule has 4 nitrogen and oxygen atoms in total. The van der Waals surface area contributed by atoms with Crippen molar-refractivity contribution in [2.45, 2.75) is 17.7 Å². The second-order valence-electron chi connectivity index (χ2n) is 4.41. The SMILES string of the molecule is Cc1ccc(S(=O)(=O)N(C)Cc2csc(C#CCO)c2)s1. The van der Waals surface area contributed by atoms with Gasteiger partial charge in [-0.2, -0.15) is 4.31 Å². The van der Waals surface area contributed by atoms with Crippen LogP contribution in [0.25, 0.3) is 0 Å². The van der Waals surface area contributed by atoms with Gasteiger partial charge in [-0.15, -0.1) is 22.7 Å². The minimum absolute atomic E-state index is 0.181. The van der Waals surface area contributed by atoms with Crippen molar-refractivity contribution in [2.75, 3.05) is 13.7 Å². The lowest BCUT2D eigenvalue weighted by molar-refractivity contribution is 0.350. The lowest BCUT2D eigenvalue weighted by Crippen LogP contribution is -2.25. The van der Waals surface area contributed by atoms with E-state index in [0.717, 1.165) is 15.3 Å². The zero-order chi connectivity index (χ0) is 15.5. The Hall–Kier alpha value is -1.17. The van der Waals surface area contributed by atoms with Crippen LogP contribution in [0.4, 0.5) is 0 Å². The number of rotatable bonds is 4. The molecule has 112 valence electrons. The molecule has 0 saturated heterocycles. The smallest absolute Gasteiger partial charge is 0.252 e. The van der Waals surface area contributed by atoms with E-state index in [1.165, 1.54) is 27.0 Å². The van der Waals surface area contributed by atoms with Crippen LogP contribution in [-0.4, -0.2) is 31.5 Å². The highest BCUT2D eigenvalue weighted by Gasteiger charge is 2.22. The second-order valence-corrected chi connectivity index (χ2v) is 8.88. The highest BCUT2D eigenvalue weighted by Crippen LogP contribution is 2.25. The van der Waals surface area contributed by atoms with Crippen molar-refractivity contribution >= 4 is 32.7 Å².